The number of carbonyl (C=O) groups excluding carboxylic acids is 2. The Kier molecular flexibility index (Phi) is 78.7. The predicted octanol–water partition coefficient (Wildman–Crippen LogP) is 28.7. The molecule has 1 atom stereocenters. The van der Waals surface area contributed by atoms with Gasteiger partial charge in [0.1, 0.15) is 6.61 Å². The van der Waals surface area contributed by atoms with Gasteiger partial charge in [0, 0.05) is 12.8 Å². The fourth-order valence-electron chi connectivity index (χ4n) is 12.0. The number of ether oxygens (including phenoxy) is 2. The zero-order chi connectivity index (χ0) is 66.1. The lowest BCUT2D eigenvalue weighted by molar-refractivity contribution is -0.161. The molecular weight excluding hydrogens is 1120 g/mol. The van der Waals surface area contributed by atoms with Crippen molar-refractivity contribution in [2.75, 3.05) is 13.2 Å². The van der Waals surface area contributed by atoms with E-state index >= 15 is 0 Å². The van der Waals surface area contributed by atoms with Crippen LogP contribution in [0.25, 0.3) is 0 Å². The van der Waals surface area contributed by atoms with Crippen molar-refractivity contribution < 1.29 is 24.2 Å². The Balaban J connectivity index is 3.40. The van der Waals surface area contributed by atoms with Crippen LogP contribution in [0.2, 0.25) is 0 Å². The van der Waals surface area contributed by atoms with Crippen molar-refractivity contribution in [2.45, 2.75) is 418 Å². The lowest BCUT2D eigenvalue weighted by atomic mass is 10.0. The number of aliphatic hydroxyl groups is 1. The van der Waals surface area contributed by atoms with E-state index in [9.17, 15) is 14.7 Å². The number of hydrogen-bond acceptors (Lipinski definition) is 5. The van der Waals surface area contributed by atoms with E-state index in [2.05, 4.69) is 123 Å². The number of rotatable bonds is 75. The number of allylic oxidation sites excluding steroid dienone is 18. The summed E-state index contributed by atoms with van der Waals surface area (Å²) in [4.78, 5) is 24.7. The second-order valence-electron chi connectivity index (χ2n) is 27.1. The van der Waals surface area contributed by atoms with Crippen molar-refractivity contribution in [2.24, 2.45) is 0 Å². The first kappa shape index (κ1) is 88.6. The number of esters is 2. The van der Waals surface area contributed by atoms with Gasteiger partial charge < -0.3 is 14.6 Å². The van der Waals surface area contributed by atoms with Gasteiger partial charge in [-0.25, -0.2) is 0 Å². The Morgan fingerprint density at radius 3 is 0.707 bits per heavy atom. The molecule has 0 aromatic carbocycles. The fraction of sp³-hybridized carbons (Fsp3) is 0.770. The highest BCUT2D eigenvalue weighted by Crippen LogP contribution is 2.19. The quantitative estimate of drug-likeness (QED) is 0.0373. The van der Waals surface area contributed by atoms with Crippen LogP contribution in [0, 0.1) is 0 Å². The van der Waals surface area contributed by atoms with E-state index in [-0.39, 0.29) is 25.2 Å². The number of aliphatic hydroxyl groups excluding tert-OH is 1. The van der Waals surface area contributed by atoms with Gasteiger partial charge in [-0.15, -0.1) is 0 Å². The first-order valence-corrected chi connectivity index (χ1v) is 40.4. The molecular formula is C87H154O5. The van der Waals surface area contributed by atoms with Gasteiger partial charge in [0.25, 0.3) is 0 Å². The summed E-state index contributed by atoms with van der Waals surface area (Å²) in [5, 5.41) is 9.73. The van der Waals surface area contributed by atoms with Gasteiger partial charge >= 0.3 is 11.9 Å². The minimum Gasteiger partial charge on any atom is -0.462 e. The largest absolute Gasteiger partial charge is 0.462 e. The van der Waals surface area contributed by atoms with Crippen LogP contribution in [0.4, 0.5) is 0 Å². The topological polar surface area (TPSA) is 72.8 Å². The molecule has 532 valence electrons. The van der Waals surface area contributed by atoms with Crippen LogP contribution in [0.15, 0.2) is 109 Å². The van der Waals surface area contributed by atoms with E-state index < -0.39 is 6.10 Å². The number of carbonyl (C=O) groups is 2. The van der Waals surface area contributed by atoms with Crippen molar-refractivity contribution in [3.63, 3.8) is 0 Å². The number of unbranched alkanes of at least 4 members (excludes halogenated alkanes) is 49. The van der Waals surface area contributed by atoms with Crippen LogP contribution in [-0.4, -0.2) is 36.4 Å². The van der Waals surface area contributed by atoms with E-state index in [4.69, 9.17) is 9.47 Å². The molecule has 0 aromatic rings. The molecule has 0 saturated heterocycles. The van der Waals surface area contributed by atoms with Crippen LogP contribution < -0.4 is 0 Å². The molecule has 0 aliphatic heterocycles. The Hall–Kier alpha value is -3.44. The third kappa shape index (κ3) is 79.0. The number of hydrogen-bond donors (Lipinski definition) is 1. The summed E-state index contributed by atoms with van der Waals surface area (Å²) in [6.07, 6.45) is 119. The van der Waals surface area contributed by atoms with Crippen LogP contribution >= 0.6 is 0 Å². The van der Waals surface area contributed by atoms with Crippen LogP contribution in [0.5, 0.6) is 0 Å². The molecule has 92 heavy (non-hydrogen) atoms. The second kappa shape index (κ2) is 81.8. The maximum atomic E-state index is 12.4. The van der Waals surface area contributed by atoms with E-state index in [1.807, 2.05) is 0 Å². The fourth-order valence-corrected chi connectivity index (χ4v) is 12.0. The van der Waals surface area contributed by atoms with Gasteiger partial charge in [-0.1, -0.05) is 406 Å². The van der Waals surface area contributed by atoms with Gasteiger partial charge in [-0.2, -0.15) is 0 Å². The highest BCUT2D eigenvalue weighted by atomic mass is 16.6. The monoisotopic (exact) mass is 1280 g/mol. The van der Waals surface area contributed by atoms with Gasteiger partial charge in [0.15, 0.2) is 6.10 Å². The Bertz CT molecular complexity index is 1740. The SMILES string of the molecule is CC/C=C\C/C=C\C/C=C\C/C=C\C/C=C\C/C=C\CCCCCCCCCCCCCCCCCCCCCCCCC(=O)OC(CO)COC(=O)CCCCCCCCCCCCCCCCCCCCCCCC/C=C\C/C=C\C/C=C\CCCCCCC. The Labute approximate surface area is 573 Å². The van der Waals surface area contributed by atoms with Crippen molar-refractivity contribution in [3.8, 4) is 0 Å². The molecule has 0 fully saturated rings. The van der Waals surface area contributed by atoms with E-state index in [0.717, 1.165) is 89.9 Å². The molecule has 0 rings (SSSR count). The molecule has 0 aromatic heterocycles. The molecule has 0 bridgehead atoms. The minimum atomic E-state index is -0.775. The van der Waals surface area contributed by atoms with Crippen molar-refractivity contribution in [1.82, 2.24) is 0 Å². The standard InChI is InChI=1S/C87H154O5/c1-3-5-7-9-11-13-15-17-19-21-23-25-27-29-31-33-35-37-39-41-42-43-44-46-48-50-52-54-56-58-60-62-64-66-68-70-72-74-76-78-80-82-87(90)92-85(83-88)84-91-86(89)81-79-77-75-73-71-69-67-65-63-61-59-57-55-53-51-49-47-45-40-38-36-34-32-30-28-26-24-22-20-18-16-14-12-10-8-6-4-2/h5,7,11,13,16-19,22-25,28-31,35,37,85,88H,3-4,6,8-10,12,14-15,20-21,26-27,32-34,36,38-84H2,1-2H3/b7-5-,13-11-,18-16-,19-17-,24-22-,25-23-,30-28-,31-29-,37-35-. The smallest absolute Gasteiger partial charge is 0.306 e. The molecule has 0 amide bonds. The van der Waals surface area contributed by atoms with E-state index in [1.54, 1.807) is 0 Å². The lowest BCUT2D eigenvalue weighted by Gasteiger charge is -2.15. The van der Waals surface area contributed by atoms with Gasteiger partial charge in [-0.05, 0) is 103 Å². The van der Waals surface area contributed by atoms with Crippen molar-refractivity contribution in [1.29, 1.82) is 0 Å². The van der Waals surface area contributed by atoms with Crippen molar-refractivity contribution in [3.05, 3.63) is 109 Å². The molecule has 0 aliphatic rings. The Morgan fingerprint density at radius 1 is 0.261 bits per heavy atom. The predicted molar refractivity (Wildman–Crippen MR) is 408 cm³/mol. The lowest BCUT2D eigenvalue weighted by Crippen LogP contribution is -2.28. The van der Waals surface area contributed by atoms with E-state index in [1.165, 1.54) is 295 Å². The molecule has 0 heterocycles. The third-order valence-corrected chi connectivity index (χ3v) is 18.1. The molecule has 0 radical (unpaired) electrons. The molecule has 1 unspecified atom stereocenters. The molecule has 0 aliphatic carbocycles. The molecule has 0 spiro atoms. The summed E-state index contributed by atoms with van der Waals surface area (Å²) in [5.74, 6) is -0.570. The first-order valence-electron chi connectivity index (χ1n) is 40.4. The van der Waals surface area contributed by atoms with Crippen molar-refractivity contribution >= 4 is 11.9 Å². The highest BCUT2D eigenvalue weighted by molar-refractivity contribution is 5.70. The highest BCUT2D eigenvalue weighted by Gasteiger charge is 2.16. The van der Waals surface area contributed by atoms with Crippen LogP contribution in [0.3, 0.4) is 0 Å². The van der Waals surface area contributed by atoms with Crippen LogP contribution in [-0.2, 0) is 19.1 Å². The normalized spacial score (nSPS) is 12.8. The molecule has 5 heteroatoms. The molecule has 5 nitrogen and oxygen atoms in total. The summed E-state index contributed by atoms with van der Waals surface area (Å²) in [7, 11) is 0. The summed E-state index contributed by atoms with van der Waals surface area (Å²) in [6.45, 7) is 4.06. The second-order valence-corrected chi connectivity index (χ2v) is 27.1. The maximum Gasteiger partial charge on any atom is 0.306 e. The minimum absolute atomic E-state index is 0.0627. The van der Waals surface area contributed by atoms with Gasteiger partial charge in [0.05, 0.1) is 6.61 Å². The zero-order valence-corrected chi connectivity index (χ0v) is 61.3. The summed E-state index contributed by atoms with van der Waals surface area (Å²) in [5.41, 5.74) is 0. The average Bonchev–Trinajstić information content (AvgIpc) is 3.64. The summed E-state index contributed by atoms with van der Waals surface area (Å²) < 4.78 is 10.8. The summed E-state index contributed by atoms with van der Waals surface area (Å²) >= 11 is 0. The summed E-state index contributed by atoms with van der Waals surface area (Å²) in [6, 6.07) is 0. The Morgan fingerprint density at radius 2 is 0.467 bits per heavy atom. The average molecular weight is 1280 g/mol. The molecule has 0 saturated carbocycles. The van der Waals surface area contributed by atoms with E-state index in [0.29, 0.717) is 12.8 Å². The zero-order valence-electron chi connectivity index (χ0n) is 61.3. The third-order valence-electron chi connectivity index (χ3n) is 18.1. The van der Waals surface area contributed by atoms with Crippen LogP contribution in [0.1, 0.15) is 412 Å². The van der Waals surface area contributed by atoms with Gasteiger partial charge in [0.2, 0.25) is 0 Å². The first-order chi connectivity index (χ1) is 45.6. The maximum absolute atomic E-state index is 12.4. The van der Waals surface area contributed by atoms with Gasteiger partial charge in [-0.3, -0.25) is 9.59 Å². The molecule has 1 N–H and O–H groups in total.